The van der Waals surface area contributed by atoms with E-state index in [0.29, 0.717) is 17.9 Å². The Balaban J connectivity index is 2.02. The Morgan fingerprint density at radius 2 is 1.96 bits per heavy atom. The van der Waals surface area contributed by atoms with Crippen LogP contribution in [0.15, 0.2) is 40.9 Å². The summed E-state index contributed by atoms with van der Waals surface area (Å²) in [5.74, 6) is 1.25. The van der Waals surface area contributed by atoms with Crippen LogP contribution in [0.25, 0.3) is 0 Å². The fraction of sp³-hybridized carbons (Fsp3) is 0.278. The molecule has 0 saturated heterocycles. The minimum absolute atomic E-state index is 0.1000. The SMILES string of the molecule is COc1cccc(CC2C(=O)N(C)c3ccc(Br)cc32)c1OC. The average molecular weight is 376 g/mol. The summed E-state index contributed by atoms with van der Waals surface area (Å²) < 4.78 is 11.8. The maximum Gasteiger partial charge on any atom is 0.234 e. The van der Waals surface area contributed by atoms with Gasteiger partial charge in [-0.3, -0.25) is 4.79 Å². The van der Waals surface area contributed by atoms with Crippen LogP contribution in [-0.4, -0.2) is 27.2 Å². The summed E-state index contributed by atoms with van der Waals surface area (Å²) in [6.07, 6.45) is 0.576. The summed E-state index contributed by atoms with van der Waals surface area (Å²) in [4.78, 5) is 14.4. The van der Waals surface area contributed by atoms with Crippen LogP contribution < -0.4 is 14.4 Å². The third kappa shape index (κ3) is 2.70. The molecule has 0 bridgehead atoms. The number of likely N-dealkylation sites (N-methyl/N-ethyl adjacent to an activating group) is 1. The standard InChI is InChI=1S/C18H18BrNO3/c1-20-15-8-7-12(19)10-13(15)14(18(20)21)9-11-5-4-6-16(22-2)17(11)23-3/h4-8,10,14H,9H2,1-3H3. The number of ether oxygens (including phenoxy) is 2. The van der Waals surface area contributed by atoms with Gasteiger partial charge in [0, 0.05) is 17.2 Å². The molecule has 1 heterocycles. The Morgan fingerprint density at radius 3 is 2.65 bits per heavy atom. The van der Waals surface area contributed by atoms with Crippen molar-refractivity contribution >= 4 is 27.5 Å². The first kappa shape index (κ1) is 15.9. The summed E-state index contributed by atoms with van der Waals surface area (Å²) in [6, 6.07) is 11.7. The predicted molar refractivity (Wildman–Crippen MR) is 93.5 cm³/mol. The number of fused-ring (bicyclic) bond motifs is 1. The molecular weight excluding hydrogens is 358 g/mol. The lowest BCUT2D eigenvalue weighted by molar-refractivity contribution is -0.119. The number of nitrogens with zero attached hydrogens (tertiary/aromatic N) is 1. The zero-order chi connectivity index (χ0) is 16.6. The number of halogens is 1. The Morgan fingerprint density at radius 1 is 1.17 bits per heavy atom. The minimum Gasteiger partial charge on any atom is -0.493 e. The van der Waals surface area contributed by atoms with E-state index in [-0.39, 0.29) is 11.8 Å². The van der Waals surface area contributed by atoms with Gasteiger partial charge in [-0.25, -0.2) is 0 Å². The van der Waals surface area contributed by atoms with E-state index < -0.39 is 0 Å². The van der Waals surface area contributed by atoms with E-state index >= 15 is 0 Å². The van der Waals surface area contributed by atoms with Gasteiger partial charge in [-0.1, -0.05) is 28.1 Å². The fourth-order valence-electron chi connectivity index (χ4n) is 3.13. The fourth-order valence-corrected chi connectivity index (χ4v) is 3.51. The van der Waals surface area contributed by atoms with Crippen LogP contribution in [0, 0.1) is 0 Å². The highest BCUT2D eigenvalue weighted by Gasteiger charge is 2.35. The average Bonchev–Trinajstić information content (AvgIpc) is 2.79. The number of anilines is 1. The summed E-state index contributed by atoms with van der Waals surface area (Å²) in [6.45, 7) is 0. The monoisotopic (exact) mass is 375 g/mol. The molecule has 1 unspecified atom stereocenters. The summed E-state index contributed by atoms with van der Waals surface area (Å²) in [5.41, 5.74) is 2.97. The molecule has 120 valence electrons. The largest absolute Gasteiger partial charge is 0.493 e. The highest BCUT2D eigenvalue weighted by atomic mass is 79.9. The van der Waals surface area contributed by atoms with Gasteiger partial charge in [-0.2, -0.15) is 0 Å². The van der Waals surface area contributed by atoms with Crippen LogP contribution in [0.3, 0.4) is 0 Å². The predicted octanol–water partition coefficient (Wildman–Crippen LogP) is 3.77. The molecule has 0 spiro atoms. The number of carbonyl (C=O) groups excluding carboxylic acids is 1. The van der Waals surface area contributed by atoms with Crippen LogP contribution in [0.5, 0.6) is 11.5 Å². The zero-order valence-electron chi connectivity index (χ0n) is 13.3. The molecule has 0 aliphatic carbocycles. The number of methoxy groups -OCH3 is 2. The van der Waals surface area contributed by atoms with Gasteiger partial charge in [0.15, 0.2) is 11.5 Å². The molecule has 2 aromatic rings. The van der Waals surface area contributed by atoms with E-state index in [1.807, 2.05) is 43.4 Å². The third-order valence-corrected chi connectivity index (χ3v) is 4.76. The molecule has 23 heavy (non-hydrogen) atoms. The van der Waals surface area contributed by atoms with Gasteiger partial charge in [0.1, 0.15) is 0 Å². The van der Waals surface area contributed by atoms with Crippen molar-refractivity contribution in [2.45, 2.75) is 12.3 Å². The molecule has 0 N–H and O–H groups in total. The first-order valence-corrected chi connectivity index (χ1v) is 8.13. The molecule has 2 aromatic carbocycles. The minimum atomic E-state index is -0.214. The quantitative estimate of drug-likeness (QED) is 0.816. The molecule has 5 heteroatoms. The molecule has 1 aliphatic rings. The van der Waals surface area contributed by atoms with Crippen molar-refractivity contribution < 1.29 is 14.3 Å². The van der Waals surface area contributed by atoms with Gasteiger partial charge < -0.3 is 14.4 Å². The number of carbonyl (C=O) groups is 1. The van der Waals surface area contributed by atoms with Gasteiger partial charge in [0.05, 0.1) is 20.1 Å². The van der Waals surface area contributed by atoms with Crippen molar-refractivity contribution in [1.29, 1.82) is 0 Å². The molecule has 0 fully saturated rings. The van der Waals surface area contributed by atoms with E-state index in [1.165, 1.54) is 0 Å². The van der Waals surface area contributed by atoms with E-state index in [4.69, 9.17) is 9.47 Å². The van der Waals surface area contributed by atoms with E-state index in [1.54, 1.807) is 19.1 Å². The molecular formula is C18H18BrNO3. The number of hydrogen-bond acceptors (Lipinski definition) is 3. The second-order valence-electron chi connectivity index (χ2n) is 5.51. The summed E-state index contributed by atoms with van der Waals surface area (Å²) in [5, 5.41) is 0. The van der Waals surface area contributed by atoms with Gasteiger partial charge in [-0.05, 0) is 41.8 Å². The second kappa shape index (κ2) is 6.24. The number of rotatable bonds is 4. The molecule has 0 aromatic heterocycles. The Hall–Kier alpha value is -2.01. The van der Waals surface area contributed by atoms with Crippen molar-refractivity contribution in [2.75, 3.05) is 26.2 Å². The maximum absolute atomic E-state index is 12.7. The van der Waals surface area contributed by atoms with Crippen LogP contribution in [0.2, 0.25) is 0 Å². The van der Waals surface area contributed by atoms with Gasteiger partial charge >= 0.3 is 0 Å². The smallest absolute Gasteiger partial charge is 0.234 e. The van der Waals surface area contributed by atoms with Gasteiger partial charge in [0.25, 0.3) is 0 Å². The normalized spacial score (nSPS) is 16.4. The van der Waals surface area contributed by atoms with Gasteiger partial charge in [0.2, 0.25) is 5.91 Å². The molecule has 4 nitrogen and oxygen atoms in total. The first-order chi connectivity index (χ1) is 11.1. The number of benzene rings is 2. The van der Waals surface area contributed by atoms with Crippen LogP contribution in [0.1, 0.15) is 17.0 Å². The van der Waals surface area contributed by atoms with Crippen molar-refractivity contribution in [3.8, 4) is 11.5 Å². The second-order valence-corrected chi connectivity index (χ2v) is 6.43. The van der Waals surface area contributed by atoms with Crippen molar-refractivity contribution in [2.24, 2.45) is 0 Å². The van der Waals surface area contributed by atoms with Crippen LogP contribution in [-0.2, 0) is 11.2 Å². The lowest BCUT2D eigenvalue weighted by Gasteiger charge is -2.15. The van der Waals surface area contributed by atoms with Gasteiger partial charge in [-0.15, -0.1) is 0 Å². The third-order valence-electron chi connectivity index (χ3n) is 4.26. The lowest BCUT2D eigenvalue weighted by Crippen LogP contribution is -2.25. The Bertz CT molecular complexity index is 760. The molecule has 1 aliphatic heterocycles. The highest BCUT2D eigenvalue weighted by Crippen LogP contribution is 2.42. The number of amides is 1. The van der Waals surface area contributed by atoms with Crippen molar-refractivity contribution in [3.63, 3.8) is 0 Å². The summed E-state index contributed by atoms with van der Waals surface area (Å²) >= 11 is 3.49. The molecule has 0 radical (unpaired) electrons. The van der Waals surface area contributed by atoms with E-state index in [2.05, 4.69) is 15.9 Å². The summed E-state index contributed by atoms with van der Waals surface area (Å²) in [7, 11) is 5.05. The maximum atomic E-state index is 12.7. The lowest BCUT2D eigenvalue weighted by atomic mass is 9.92. The Kier molecular flexibility index (Phi) is 4.31. The number of hydrogen-bond donors (Lipinski definition) is 0. The highest BCUT2D eigenvalue weighted by molar-refractivity contribution is 9.10. The topological polar surface area (TPSA) is 38.8 Å². The Labute approximate surface area is 144 Å². The molecule has 0 saturated carbocycles. The molecule has 1 atom stereocenters. The van der Waals surface area contributed by atoms with Crippen LogP contribution in [0.4, 0.5) is 5.69 Å². The van der Waals surface area contributed by atoms with E-state index in [9.17, 15) is 4.79 Å². The first-order valence-electron chi connectivity index (χ1n) is 7.33. The van der Waals surface area contributed by atoms with Crippen LogP contribution >= 0.6 is 15.9 Å². The van der Waals surface area contributed by atoms with E-state index in [0.717, 1.165) is 21.3 Å². The van der Waals surface area contributed by atoms with Crippen molar-refractivity contribution in [1.82, 2.24) is 0 Å². The molecule has 3 rings (SSSR count). The van der Waals surface area contributed by atoms with Crippen molar-refractivity contribution in [3.05, 3.63) is 52.0 Å². The number of para-hydroxylation sites is 1. The molecule has 1 amide bonds. The zero-order valence-corrected chi connectivity index (χ0v) is 14.9.